The predicted molar refractivity (Wildman–Crippen MR) is 144 cm³/mol. The Balaban J connectivity index is 1.84. The molecule has 3 aromatic carbocycles. The highest BCUT2D eigenvalue weighted by atomic mass is 79.9. The molecule has 34 heavy (non-hydrogen) atoms. The molecule has 174 valence electrons. The van der Waals surface area contributed by atoms with E-state index in [9.17, 15) is 9.90 Å². The zero-order valence-electron chi connectivity index (χ0n) is 19.6. The van der Waals surface area contributed by atoms with E-state index in [0.29, 0.717) is 21.4 Å². The lowest BCUT2D eigenvalue weighted by Gasteiger charge is -2.17. The standard InChI is InChI=1S/C27H25BrN2O3S/c1-15-6-8-21(10-17(15)3)29-27-30(22-9-7-16(2)18(4)11-22)26(32)24(34-27)13-19-12-20(28)14-23(33-5)25(19)31/h6-14,31H,1-5H3. The number of halogens is 1. The molecular weight excluding hydrogens is 512 g/mol. The summed E-state index contributed by atoms with van der Waals surface area (Å²) in [6, 6.07) is 15.3. The molecule has 4 rings (SSSR count). The summed E-state index contributed by atoms with van der Waals surface area (Å²) in [5, 5.41) is 11.2. The van der Waals surface area contributed by atoms with Crippen LogP contribution < -0.4 is 9.64 Å². The van der Waals surface area contributed by atoms with Crippen molar-refractivity contribution in [2.24, 2.45) is 4.99 Å². The zero-order valence-corrected chi connectivity index (χ0v) is 22.0. The number of aromatic hydroxyl groups is 1. The second-order valence-corrected chi connectivity index (χ2v) is 10.2. The number of ether oxygens (including phenoxy) is 1. The molecule has 0 unspecified atom stereocenters. The van der Waals surface area contributed by atoms with E-state index in [4.69, 9.17) is 9.73 Å². The summed E-state index contributed by atoms with van der Waals surface area (Å²) in [6.07, 6.45) is 1.67. The van der Waals surface area contributed by atoms with Gasteiger partial charge < -0.3 is 9.84 Å². The highest BCUT2D eigenvalue weighted by Gasteiger charge is 2.35. The van der Waals surface area contributed by atoms with Crippen molar-refractivity contribution >= 4 is 56.2 Å². The number of phenolic OH excluding ortho intramolecular Hbond substituents is 1. The summed E-state index contributed by atoms with van der Waals surface area (Å²) in [4.78, 5) is 20.5. The normalized spacial score (nSPS) is 16.1. The average molecular weight is 537 g/mol. The van der Waals surface area contributed by atoms with Crippen LogP contribution in [0.4, 0.5) is 11.4 Å². The maximum atomic E-state index is 13.6. The predicted octanol–water partition coefficient (Wildman–Crippen LogP) is 7.21. The third kappa shape index (κ3) is 4.76. The van der Waals surface area contributed by atoms with Gasteiger partial charge in [-0.2, -0.15) is 0 Å². The SMILES string of the molecule is COc1cc(Br)cc(C=C2SC(=Nc3ccc(C)c(C)c3)N(c3ccc(C)c(C)c3)C2=O)c1O. The summed E-state index contributed by atoms with van der Waals surface area (Å²) in [7, 11) is 1.49. The molecule has 0 spiro atoms. The van der Waals surface area contributed by atoms with Crippen LogP contribution >= 0.6 is 27.7 Å². The number of hydrogen-bond acceptors (Lipinski definition) is 5. The molecule has 0 radical (unpaired) electrons. The average Bonchev–Trinajstić information content (AvgIpc) is 3.09. The summed E-state index contributed by atoms with van der Waals surface area (Å²) in [5.41, 5.74) is 6.57. The number of aliphatic imine (C=N–C) groups is 1. The number of nitrogens with zero attached hydrogens (tertiary/aromatic N) is 2. The van der Waals surface area contributed by atoms with Crippen LogP contribution in [0.3, 0.4) is 0 Å². The number of carbonyl (C=O) groups is 1. The van der Waals surface area contributed by atoms with Crippen LogP contribution in [-0.2, 0) is 4.79 Å². The second-order valence-electron chi connectivity index (χ2n) is 8.23. The lowest BCUT2D eigenvalue weighted by Crippen LogP contribution is -2.28. The van der Waals surface area contributed by atoms with Gasteiger partial charge in [0.25, 0.3) is 5.91 Å². The third-order valence-corrected chi connectivity index (χ3v) is 7.27. The van der Waals surface area contributed by atoms with Gasteiger partial charge in [0.05, 0.1) is 23.4 Å². The van der Waals surface area contributed by atoms with Gasteiger partial charge >= 0.3 is 0 Å². The van der Waals surface area contributed by atoms with Gasteiger partial charge in [-0.3, -0.25) is 9.69 Å². The van der Waals surface area contributed by atoms with Crippen molar-refractivity contribution in [1.29, 1.82) is 0 Å². The molecule has 0 bridgehead atoms. The molecule has 1 aliphatic heterocycles. The summed E-state index contributed by atoms with van der Waals surface area (Å²) >= 11 is 4.72. The number of hydrogen-bond donors (Lipinski definition) is 1. The van der Waals surface area contributed by atoms with Crippen LogP contribution in [0.5, 0.6) is 11.5 Å². The maximum absolute atomic E-state index is 13.6. The zero-order chi connectivity index (χ0) is 24.6. The van der Waals surface area contributed by atoms with E-state index in [1.807, 2.05) is 57.2 Å². The number of thioether (sulfide) groups is 1. The Morgan fingerprint density at radius 1 is 0.971 bits per heavy atom. The number of benzene rings is 3. The van der Waals surface area contributed by atoms with Gasteiger partial charge in [-0.05, 0) is 104 Å². The van der Waals surface area contributed by atoms with E-state index in [0.717, 1.165) is 32.5 Å². The van der Waals surface area contributed by atoms with Crippen LogP contribution in [-0.4, -0.2) is 23.3 Å². The molecule has 3 aromatic rings. The van der Waals surface area contributed by atoms with Gasteiger partial charge in [0, 0.05) is 10.0 Å². The summed E-state index contributed by atoms with van der Waals surface area (Å²) in [6.45, 7) is 8.16. The Morgan fingerprint density at radius 3 is 2.29 bits per heavy atom. The van der Waals surface area contributed by atoms with E-state index >= 15 is 0 Å². The minimum Gasteiger partial charge on any atom is -0.504 e. The van der Waals surface area contributed by atoms with Crippen LogP contribution in [0.15, 0.2) is 62.9 Å². The fourth-order valence-corrected chi connectivity index (χ4v) is 4.99. The third-order valence-electron chi connectivity index (χ3n) is 5.85. The van der Waals surface area contributed by atoms with Gasteiger partial charge in [0.1, 0.15) is 0 Å². The lowest BCUT2D eigenvalue weighted by molar-refractivity contribution is -0.113. The molecule has 5 nitrogen and oxygen atoms in total. The molecule has 1 N–H and O–H groups in total. The van der Waals surface area contributed by atoms with Crippen LogP contribution in [0.25, 0.3) is 6.08 Å². The first kappa shape index (κ1) is 24.1. The van der Waals surface area contributed by atoms with Gasteiger partial charge in [-0.1, -0.05) is 28.1 Å². The van der Waals surface area contributed by atoms with Crippen LogP contribution in [0, 0.1) is 27.7 Å². The number of amidine groups is 1. The Bertz CT molecular complexity index is 1360. The van der Waals surface area contributed by atoms with E-state index in [-0.39, 0.29) is 11.7 Å². The minimum absolute atomic E-state index is 0.0242. The molecule has 7 heteroatoms. The molecule has 0 aliphatic carbocycles. The smallest absolute Gasteiger partial charge is 0.271 e. The van der Waals surface area contributed by atoms with E-state index in [1.165, 1.54) is 24.4 Å². The second kappa shape index (κ2) is 9.68. The van der Waals surface area contributed by atoms with Crippen molar-refractivity contribution in [3.05, 3.63) is 85.7 Å². The largest absolute Gasteiger partial charge is 0.504 e. The summed E-state index contributed by atoms with van der Waals surface area (Å²) in [5.74, 6) is 0.102. The van der Waals surface area contributed by atoms with Crippen molar-refractivity contribution < 1.29 is 14.6 Å². The molecule has 0 saturated carbocycles. The van der Waals surface area contributed by atoms with Gasteiger partial charge in [0.15, 0.2) is 16.7 Å². The first-order chi connectivity index (χ1) is 16.2. The number of aryl methyl sites for hydroxylation is 4. The van der Waals surface area contributed by atoms with Crippen molar-refractivity contribution in [3.63, 3.8) is 0 Å². The first-order valence-electron chi connectivity index (χ1n) is 10.7. The molecular formula is C27H25BrN2O3S. The quantitative estimate of drug-likeness (QED) is 0.358. The molecule has 1 saturated heterocycles. The number of anilines is 1. The molecule has 1 fully saturated rings. The van der Waals surface area contributed by atoms with Crippen LogP contribution in [0.1, 0.15) is 27.8 Å². The van der Waals surface area contributed by atoms with Crippen molar-refractivity contribution in [1.82, 2.24) is 0 Å². The minimum atomic E-state index is -0.200. The molecule has 1 aliphatic rings. The van der Waals surface area contributed by atoms with Gasteiger partial charge in [-0.15, -0.1) is 0 Å². The number of methoxy groups -OCH3 is 1. The molecule has 0 atom stereocenters. The Kier molecular flexibility index (Phi) is 6.86. The van der Waals surface area contributed by atoms with E-state index in [1.54, 1.807) is 23.1 Å². The van der Waals surface area contributed by atoms with Gasteiger partial charge in [-0.25, -0.2) is 4.99 Å². The molecule has 1 heterocycles. The Morgan fingerprint density at radius 2 is 1.65 bits per heavy atom. The van der Waals surface area contributed by atoms with Crippen LogP contribution in [0.2, 0.25) is 0 Å². The Hall–Kier alpha value is -3.03. The number of rotatable bonds is 4. The number of phenols is 1. The molecule has 1 amide bonds. The van der Waals surface area contributed by atoms with Gasteiger partial charge in [0.2, 0.25) is 0 Å². The highest BCUT2D eigenvalue weighted by Crippen LogP contribution is 2.41. The first-order valence-corrected chi connectivity index (χ1v) is 12.3. The lowest BCUT2D eigenvalue weighted by atomic mass is 10.1. The number of amides is 1. The molecule has 0 aromatic heterocycles. The monoisotopic (exact) mass is 536 g/mol. The number of carbonyl (C=O) groups excluding carboxylic acids is 1. The van der Waals surface area contributed by atoms with Crippen molar-refractivity contribution in [3.8, 4) is 11.5 Å². The topological polar surface area (TPSA) is 62.1 Å². The highest BCUT2D eigenvalue weighted by molar-refractivity contribution is 9.10. The van der Waals surface area contributed by atoms with E-state index < -0.39 is 0 Å². The fourth-order valence-electron chi connectivity index (χ4n) is 3.55. The van der Waals surface area contributed by atoms with E-state index in [2.05, 4.69) is 22.9 Å². The summed E-state index contributed by atoms with van der Waals surface area (Å²) < 4.78 is 5.99. The maximum Gasteiger partial charge on any atom is 0.271 e. The fraction of sp³-hybridized carbons (Fsp3) is 0.185. The van der Waals surface area contributed by atoms with Crippen molar-refractivity contribution in [2.75, 3.05) is 12.0 Å². The Labute approximate surface area is 212 Å². The van der Waals surface area contributed by atoms with Crippen molar-refractivity contribution in [2.45, 2.75) is 27.7 Å².